The van der Waals surface area contributed by atoms with Gasteiger partial charge in [-0.05, 0) is 24.5 Å². The Labute approximate surface area is 92.7 Å². The van der Waals surface area contributed by atoms with Crippen molar-refractivity contribution in [3.8, 4) is 0 Å². The van der Waals surface area contributed by atoms with Crippen molar-refractivity contribution in [1.82, 2.24) is 5.32 Å². The predicted molar refractivity (Wildman–Crippen MR) is 64.7 cm³/mol. The van der Waals surface area contributed by atoms with Gasteiger partial charge in [0.05, 0.1) is 6.10 Å². The highest BCUT2D eigenvalue weighted by atomic mass is 16.5. The summed E-state index contributed by atoms with van der Waals surface area (Å²) in [6.45, 7) is 13.8. The van der Waals surface area contributed by atoms with E-state index in [-0.39, 0.29) is 0 Å². The number of hydrogen-bond donors (Lipinski definition) is 1. The van der Waals surface area contributed by atoms with E-state index in [4.69, 9.17) is 4.74 Å². The molecule has 0 atom stereocenters. The van der Waals surface area contributed by atoms with Crippen LogP contribution in [0, 0.1) is 0 Å². The molecule has 15 heavy (non-hydrogen) atoms. The van der Waals surface area contributed by atoms with E-state index in [1.807, 2.05) is 0 Å². The van der Waals surface area contributed by atoms with Gasteiger partial charge in [0.1, 0.15) is 5.76 Å². The summed E-state index contributed by atoms with van der Waals surface area (Å²) in [6, 6.07) is 0. The first-order valence-corrected chi connectivity index (χ1v) is 5.64. The zero-order valence-corrected chi connectivity index (χ0v) is 9.81. The van der Waals surface area contributed by atoms with Crippen LogP contribution < -0.4 is 5.32 Å². The third-order valence-electron chi connectivity index (χ3n) is 2.75. The molecule has 1 N–H and O–H groups in total. The third-order valence-corrected chi connectivity index (χ3v) is 2.75. The van der Waals surface area contributed by atoms with Gasteiger partial charge in [-0.25, -0.2) is 0 Å². The lowest BCUT2D eigenvalue weighted by molar-refractivity contribution is 0.116. The summed E-state index contributed by atoms with van der Waals surface area (Å²) >= 11 is 0. The van der Waals surface area contributed by atoms with Crippen LogP contribution >= 0.6 is 0 Å². The molecule has 1 heterocycles. The van der Waals surface area contributed by atoms with Crippen LogP contribution in [0.2, 0.25) is 0 Å². The standard InChI is InChI=1S/C13H21NO/c1-5-11(6-2)15-13(7-3)12-9-14-8-10(12)4/h7,11,14H,3-6,8-9H2,1-2H3/b13-12+. The lowest BCUT2D eigenvalue weighted by Gasteiger charge is -2.18. The fourth-order valence-corrected chi connectivity index (χ4v) is 1.71. The summed E-state index contributed by atoms with van der Waals surface area (Å²) < 4.78 is 5.91. The summed E-state index contributed by atoms with van der Waals surface area (Å²) in [5, 5.41) is 3.26. The van der Waals surface area contributed by atoms with E-state index in [1.165, 1.54) is 5.57 Å². The Morgan fingerprint density at radius 2 is 2.13 bits per heavy atom. The maximum atomic E-state index is 5.91. The third kappa shape index (κ3) is 2.96. The lowest BCUT2D eigenvalue weighted by Crippen LogP contribution is -2.11. The second-order valence-electron chi connectivity index (χ2n) is 3.81. The van der Waals surface area contributed by atoms with Gasteiger partial charge in [-0.3, -0.25) is 0 Å². The summed E-state index contributed by atoms with van der Waals surface area (Å²) in [6.07, 6.45) is 4.15. The van der Waals surface area contributed by atoms with Crippen LogP contribution in [-0.2, 0) is 4.74 Å². The molecule has 2 heteroatoms. The van der Waals surface area contributed by atoms with Crippen molar-refractivity contribution in [1.29, 1.82) is 0 Å². The fourth-order valence-electron chi connectivity index (χ4n) is 1.71. The average Bonchev–Trinajstić information content (AvgIpc) is 2.67. The zero-order valence-electron chi connectivity index (χ0n) is 9.81. The molecule has 0 radical (unpaired) electrons. The molecule has 84 valence electrons. The van der Waals surface area contributed by atoms with Gasteiger partial charge < -0.3 is 10.1 Å². The largest absolute Gasteiger partial charge is 0.490 e. The molecular formula is C13H21NO. The van der Waals surface area contributed by atoms with E-state index in [9.17, 15) is 0 Å². The first-order valence-electron chi connectivity index (χ1n) is 5.64. The second-order valence-corrected chi connectivity index (χ2v) is 3.81. The Bertz CT molecular complexity index is 274. The molecule has 0 amide bonds. The van der Waals surface area contributed by atoms with Crippen molar-refractivity contribution in [2.45, 2.75) is 32.8 Å². The van der Waals surface area contributed by atoms with Crippen LogP contribution in [0.5, 0.6) is 0 Å². The Morgan fingerprint density at radius 1 is 1.47 bits per heavy atom. The van der Waals surface area contributed by atoms with Crippen molar-refractivity contribution in [2.75, 3.05) is 13.1 Å². The molecule has 0 aromatic carbocycles. The quantitative estimate of drug-likeness (QED) is 0.700. The Kier molecular flexibility index (Phi) is 4.63. The van der Waals surface area contributed by atoms with Crippen molar-refractivity contribution in [2.24, 2.45) is 0 Å². The molecule has 0 aromatic rings. The highest BCUT2D eigenvalue weighted by Crippen LogP contribution is 2.21. The van der Waals surface area contributed by atoms with Gasteiger partial charge in [0.15, 0.2) is 0 Å². The molecule has 1 aliphatic heterocycles. The molecule has 1 rings (SSSR count). The smallest absolute Gasteiger partial charge is 0.123 e. The SMILES string of the molecule is C=C/C(OC(CC)CC)=C1/CNCC1=C. The van der Waals surface area contributed by atoms with Gasteiger partial charge in [0.2, 0.25) is 0 Å². The van der Waals surface area contributed by atoms with Crippen molar-refractivity contribution in [3.63, 3.8) is 0 Å². The molecule has 1 saturated heterocycles. The number of hydrogen-bond acceptors (Lipinski definition) is 2. The van der Waals surface area contributed by atoms with Crippen molar-refractivity contribution >= 4 is 0 Å². The van der Waals surface area contributed by atoms with Crippen LogP contribution in [0.1, 0.15) is 26.7 Å². The summed E-state index contributed by atoms with van der Waals surface area (Å²) in [7, 11) is 0. The predicted octanol–water partition coefficient (Wildman–Crippen LogP) is 2.79. The number of rotatable bonds is 5. The van der Waals surface area contributed by atoms with Crippen LogP contribution in [0.25, 0.3) is 0 Å². The maximum Gasteiger partial charge on any atom is 0.123 e. The van der Waals surface area contributed by atoms with E-state index in [0.717, 1.165) is 37.3 Å². The van der Waals surface area contributed by atoms with Gasteiger partial charge >= 0.3 is 0 Å². The number of allylic oxidation sites excluding steroid dienone is 1. The van der Waals surface area contributed by atoms with Gasteiger partial charge in [0, 0.05) is 18.7 Å². The Morgan fingerprint density at radius 3 is 2.53 bits per heavy atom. The van der Waals surface area contributed by atoms with Crippen LogP contribution in [0.15, 0.2) is 36.1 Å². The van der Waals surface area contributed by atoms with Crippen molar-refractivity contribution in [3.05, 3.63) is 36.1 Å². The molecule has 1 aliphatic rings. The topological polar surface area (TPSA) is 21.3 Å². The minimum Gasteiger partial charge on any atom is -0.490 e. The molecule has 0 unspecified atom stereocenters. The van der Waals surface area contributed by atoms with Gasteiger partial charge in [-0.2, -0.15) is 0 Å². The fraction of sp³-hybridized carbons (Fsp3) is 0.538. The molecule has 0 spiro atoms. The minimum atomic E-state index is 0.291. The van der Waals surface area contributed by atoms with Crippen LogP contribution in [0.4, 0.5) is 0 Å². The molecule has 0 aliphatic carbocycles. The van der Waals surface area contributed by atoms with Gasteiger partial charge in [0.25, 0.3) is 0 Å². The molecule has 1 fully saturated rings. The zero-order chi connectivity index (χ0) is 11.3. The molecule has 2 nitrogen and oxygen atoms in total. The van der Waals surface area contributed by atoms with Crippen LogP contribution in [-0.4, -0.2) is 19.2 Å². The molecular weight excluding hydrogens is 186 g/mol. The monoisotopic (exact) mass is 207 g/mol. The second kappa shape index (κ2) is 5.76. The summed E-state index contributed by atoms with van der Waals surface area (Å²) in [5.74, 6) is 0.902. The Balaban J connectivity index is 2.78. The summed E-state index contributed by atoms with van der Waals surface area (Å²) in [5.41, 5.74) is 2.30. The van der Waals surface area contributed by atoms with Crippen LogP contribution in [0.3, 0.4) is 0 Å². The highest BCUT2D eigenvalue weighted by Gasteiger charge is 2.17. The van der Waals surface area contributed by atoms with E-state index < -0.39 is 0 Å². The van der Waals surface area contributed by atoms with E-state index in [2.05, 4.69) is 32.3 Å². The minimum absolute atomic E-state index is 0.291. The van der Waals surface area contributed by atoms with E-state index in [0.29, 0.717) is 6.10 Å². The summed E-state index contributed by atoms with van der Waals surface area (Å²) in [4.78, 5) is 0. The molecule has 0 aromatic heterocycles. The lowest BCUT2D eigenvalue weighted by atomic mass is 10.1. The van der Waals surface area contributed by atoms with E-state index >= 15 is 0 Å². The molecule has 0 saturated carbocycles. The number of nitrogens with one attached hydrogen (secondary N) is 1. The van der Waals surface area contributed by atoms with Crippen molar-refractivity contribution < 1.29 is 4.74 Å². The highest BCUT2D eigenvalue weighted by molar-refractivity contribution is 5.40. The first kappa shape index (κ1) is 12.1. The Hall–Kier alpha value is -1.02. The van der Waals surface area contributed by atoms with Gasteiger partial charge in [-0.15, -0.1) is 0 Å². The van der Waals surface area contributed by atoms with Gasteiger partial charge in [-0.1, -0.05) is 27.0 Å². The average molecular weight is 207 g/mol. The maximum absolute atomic E-state index is 5.91. The first-order chi connectivity index (χ1) is 7.22. The number of ether oxygens (including phenoxy) is 1. The molecule has 0 bridgehead atoms. The normalized spacial score (nSPS) is 19.5. The van der Waals surface area contributed by atoms with E-state index in [1.54, 1.807) is 6.08 Å².